The Morgan fingerprint density at radius 2 is 1.52 bits per heavy atom. The van der Waals surface area contributed by atoms with Crippen molar-refractivity contribution in [3.8, 4) is 11.1 Å². The standard InChI is InChI=1S/C26H19NO4/c28-25(29)23-11-5-6-16-14-17(12-13-18(16)23)27-26(30)31-15-24-21-9-3-1-7-19(21)20-8-2-4-10-22(20)24/h1-14,24H,15H2,(H,27,30)(H,28,29). The van der Waals surface area contributed by atoms with E-state index in [1.807, 2.05) is 30.3 Å². The summed E-state index contributed by atoms with van der Waals surface area (Å²) >= 11 is 0. The number of amides is 1. The molecular formula is C26H19NO4. The van der Waals surface area contributed by atoms with Crippen LogP contribution in [0.5, 0.6) is 0 Å². The van der Waals surface area contributed by atoms with Crippen molar-refractivity contribution >= 4 is 28.5 Å². The van der Waals surface area contributed by atoms with Crippen molar-refractivity contribution in [2.45, 2.75) is 5.92 Å². The van der Waals surface area contributed by atoms with Gasteiger partial charge in [-0.3, -0.25) is 5.32 Å². The van der Waals surface area contributed by atoms with Gasteiger partial charge in [-0.05, 0) is 51.2 Å². The third-order valence-electron chi connectivity index (χ3n) is 5.70. The number of anilines is 1. The van der Waals surface area contributed by atoms with Crippen molar-refractivity contribution in [3.05, 3.63) is 102 Å². The molecule has 0 spiro atoms. The predicted molar refractivity (Wildman–Crippen MR) is 120 cm³/mol. The first-order valence-electron chi connectivity index (χ1n) is 10.00. The maximum Gasteiger partial charge on any atom is 0.411 e. The topological polar surface area (TPSA) is 75.6 Å². The number of ether oxygens (including phenoxy) is 1. The summed E-state index contributed by atoms with van der Waals surface area (Å²) in [6, 6.07) is 26.5. The van der Waals surface area contributed by atoms with Crippen molar-refractivity contribution in [3.63, 3.8) is 0 Å². The van der Waals surface area contributed by atoms with Gasteiger partial charge in [-0.25, -0.2) is 9.59 Å². The quantitative estimate of drug-likeness (QED) is 0.440. The molecule has 0 unspecified atom stereocenters. The van der Waals surface area contributed by atoms with Crippen LogP contribution in [0.15, 0.2) is 84.9 Å². The summed E-state index contributed by atoms with van der Waals surface area (Å²) in [4.78, 5) is 23.9. The molecule has 5 heteroatoms. The van der Waals surface area contributed by atoms with Crippen molar-refractivity contribution in [1.29, 1.82) is 0 Å². The Morgan fingerprint density at radius 1 is 0.839 bits per heavy atom. The largest absolute Gasteiger partial charge is 0.478 e. The number of benzene rings is 4. The molecule has 4 aromatic carbocycles. The lowest BCUT2D eigenvalue weighted by Crippen LogP contribution is -2.17. The monoisotopic (exact) mass is 409 g/mol. The SMILES string of the molecule is O=C(Nc1ccc2c(C(=O)O)cccc2c1)OCC1c2ccccc2-c2ccccc21. The van der Waals surface area contributed by atoms with Crippen LogP contribution in [0.25, 0.3) is 21.9 Å². The molecule has 0 fully saturated rings. The van der Waals surface area contributed by atoms with Gasteiger partial charge in [0.2, 0.25) is 0 Å². The number of carboxylic acids is 1. The van der Waals surface area contributed by atoms with Crippen molar-refractivity contribution in [2.75, 3.05) is 11.9 Å². The van der Waals surface area contributed by atoms with E-state index in [0.29, 0.717) is 11.1 Å². The summed E-state index contributed by atoms with van der Waals surface area (Å²) in [5, 5.41) is 13.4. The zero-order valence-electron chi connectivity index (χ0n) is 16.5. The van der Waals surface area contributed by atoms with Crippen LogP contribution in [0.2, 0.25) is 0 Å². The summed E-state index contributed by atoms with van der Waals surface area (Å²) < 4.78 is 5.57. The van der Waals surface area contributed by atoms with Crippen LogP contribution < -0.4 is 5.32 Å². The van der Waals surface area contributed by atoms with E-state index in [1.165, 1.54) is 11.1 Å². The summed E-state index contributed by atoms with van der Waals surface area (Å²) in [6.45, 7) is 0.233. The molecule has 1 amide bonds. The van der Waals surface area contributed by atoms with Gasteiger partial charge in [0.15, 0.2) is 0 Å². The van der Waals surface area contributed by atoms with Crippen LogP contribution in [0.1, 0.15) is 27.4 Å². The Hall–Kier alpha value is -4.12. The normalized spacial score (nSPS) is 12.3. The Bertz CT molecular complexity index is 1280. The lowest BCUT2D eigenvalue weighted by Gasteiger charge is -2.15. The van der Waals surface area contributed by atoms with E-state index in [-0.39, 0.29) is 18.1 Å². The zero-order chi connectivity index (χ0) is 21.4. The minimum Gasteiger partial charge on any atom is -0.478 e. The second-order valence-electron chi connectivity index (χ2n) is 7.50. The zero-order valence-corrected chi connectivity index (χ0v) is 16.5. The second kappa shape index (κ2) is 7.61. The van der Waals surface area contributed by atoms with Gasteiger partial charge >= 0.3 is 12.1 Å². The van der Waals surface area contributed by atoms with Gasteiger partial charge in [0, 0.05) is 11.6 Å². The smallest absolute Gasteiger partial charge is 0.411 e. The van der Waals surface area contributed by atoms with Crippen LogP contribution >= 0.6 is 0 Å². The van der Waals surface area contributed by atoms with E-state index in [4.69, 9.17) is 4.74 Å². The molecule has 5 nitrogen and oxygen atoms in total. The average Bonchev–Trinajstić information content (AvgIpc) is 3.11. The lowest BCUT2D eigenvalue weighted by atomic mass is 9.98. The average molecular weight is 409 g/mol. The summed E-state index contributed by atoms with van der Waals surface area (Å²) in [5.74, 6) is -0.990. The van der Waals surface area contributed by atoms with E-state index < -0.39 is 12.1 Å². The van der Waals surface area contributed by atoms with E-state index in [0.717, 1.165) is 16.5 Å². The minimum absolute atomic E-state index is 0.00659. The van der Waals surface area contributed by atoms with Gasteiger partial charge in [-0.1, -0.05) is 66.7 Å². The van der Waals surface area contributed by atoms with Crippen molar-refractivity contribution in [2.24, 2.45) is 0 Å². The summed E-state index contributed by atoms with van der Waals surface area (Å²) in [6.07, 6.45) is -0.546. The third-order valence-corrected chi connectivity index (χ3v) is 5.70. The fourth-order valence-corrected chi connectivity index (χ4v) is 4.30. The van der Waals surface area contributed by atoms with E-state index >= 15 is 0 Å². The Kier molecular flexibility index (Phi) is 4.64. The molecule has 31 heavy (non-hydrogen) atoms. The number of hydrogen-bond donors (Lipinski definition) is 2. The molecule has 152 valence electrons. The van der Waals surface area contributed by atoms with Gasteiger partial charge in [-0.2, -0.15) is 0 Å². The molecule has 0 saturated carbocycles. The molecule has 5 rings (SSSR count). The Balaban J connectivity index is 1.32. The van der Waals surface area contributed by atoms with Crippen LogP contribution in [0.4, 0.5) is 10.5 Å². The maximum absolute atomic E-state index is 12.5. The molecule has 2 N–H and O–H groups in total. The predicted octanol–water partition coefficient (Wildman–Crippen LogP) is 5.90. The maximum atomic E-state index is 12.5. The molecule has 0 aromatic heterocycles. The van der Waals surface area contributed by atoms with Gasteiger partial charge in [0.1, 0.15) is 6.61 Å². The van der Waals surface area contributed by atoms with Crippen LogP contribution in [0.3, 0.4) is 0 Å². The fraction of sp³-hybridized carbons (Fsp3) is 0.0769. The number of rotatable bonds is 4. The summed E-state index contributed by atoms with van der Waals surface area (Å²) in [5.41, 5.74) is 5.44. The highest BCUT2D eigenvalue weighted by Gasteiger charge is 2.29. The van der Waals surface area contributed by atoms with Crippen LogP contribution in [0, 0.1) is 0 Å². The summed E-state index contributed by atoms with van der Waals surface area (Å²) in [7, 11) is 0. The Morgan fingerprint density at radius 3 is 2.19 bits per heavy atom. The van der Waals surface area contributed by atoms with Gasteiger partial charge in [-0.15, -0.1) is 0 Å². The number of carbonyl (C=O) groups is 2. The molecule has 0 aliphatic heterocycles. The molecule has 0 saturated heterocycles. The number of hydrogen-bond acceptors (Lipinski definition) is 3. The number of fused-ring (bicyclic) bond motifs is 4. The van der Waals surface area contributed by atoms with Crippen molar-refractivity contribution in [1.82, 2.24) is 0 Å². The van der Waals surface area contributed by atoms with Gasteiger partial charge < -0.3 is 9.84 Å². The minimum atomic E-state index is -0.983. The molecule has 0 heterocycles. The number of aromatic carboxylic acids is 1. The molecule has 1 aliphatic carbocycles. The van der Waals surface area contributed by atoms with E-state index in [1.54, 1.807) is 30.3 Å². The molecule has 1 aliphatic rings. The first-order valence-corrected chi connectivity index (χ1v) is 10.00. The third kappa shape index (κ3) is 3.40. The second-order valence-corrected chi connectivity index (χ2v) is 7.50. The molecular weight excluding hydrogens is 390 g/mol. The number of carbonyl (C=O) groups excluding carboxylic acids is 1. The first-order chi connectivity index (χ1) is 15.1. The number of carboxylic acid groups (broad SMARTS) is 1. The van der Waals surface area contributed by atoms with E-state index in [2.05, 4.69) is 29.6 Å². The molecule has 0 bridgehead atoms. The van der Waals surface area contributed by atoms with Crippen LogP contribution in [-0.2, 0) is 4.74 Å². The van der Waals surface area contributed by atoms with Gasteiger partial charge in [0.25, 0.3) is 0 Å². The first kappa shape index (κ1) is 18.9. The molecule has 4 aromatic rings. The fourth-order valence-electron chi connectivity index (χ4n) is 4.30. The van der Waals surface area contributed by atoms with E-state index in [9.17, 15) is 14.7 Å². The van der Waals surface area contributed by atoms with Crippen molar-refractivity contribution < 1.29 is 19.4 Å². The highest BCUT2D eigenvalue weighted by Crippen LogP contribution is 2.44. The van der Waals surface area contributed by atoms with Crippen LogP contribution in [-0.4, -0.2) is 23.8 Å². The highest BCUT2D eigenvalue weighted by atomic mass is 16.5. The molecule has 0 radical (unpaired) electrons. The molecule has 0 atom stereocenters. The lowest BCUT2D eigenvalue weighted by molar-refractivity contribution is 0.0699. The highest BCUT2D eigenvalue weighted by molar-refractivity contribution is 6.04. The van der Waals surface area contributed by atoms with Gasteiger partial charge in [0.05, 0.1) is 5.56 Å². The Labute approximate surface area is 178 Å². The number of nitrogens with one attached hydrogen (secondary N) is 1.